The molecule has 0 bridgehead atoms. The summed E-state index contributed by atoms with van der Waals surface area (Å²) in [6, 6.07) is 7.24. The van der Waals surface area contributed by atoms with Crippen molar-refractivity contribution in [3.8, 4) is 17.2 Å². The van der Waals surface area contributed by atoms with Crippen molar-refractivity contribution in [1.29, 1.82) is 0 Å². The largest absolute Gasteiger partial charge is 0.495 e. The molecule has 38 heavy (non-hydrogen) atoms. The van der Waals surface area contributed by atoms with E-state index in [0.717, 1.165) is 51.0 Å². The van der Waals surface area contributed by atoms with Crippen molar-refractivity contribution < 1.29 is 18.9 Å². The van der Waals surface area contributed by atoms with Crippen LogP contribution in [0.25, 0.3) is 10.9 Å². The first-order chi connectivity index (χ1) is 18.5. The summed E-state index contributed by atoms with van der Waals surface area (Å²) < 4.78 is 23.6. The van der Waals surface area contributed by atoms with E-state index in [-0.39, 0.29) is 6.10 Å². The third-order valence-corrected chi connectivity index (χ3v) is 7.51. The van der Waals surface area contributed by atoms with Crippen LogP contribution in [0.4, 0.5) is 11.5 Å². The number of nitrogens with zero attached hydrogens (tertiary/aromatic N) is 4. The molecule has 0 unspecified atom stereocenters. The summed E-state index contributed by atoms with van der Waals surface area (Å²) in [7, 11) is 3.72. The maximum atomic E-state index is 6.52. The second-order valence-corrected chi connectivity index (χ2v) is 10.4. The fraction of sp³-hybridized carbons (Fsp3) is 0.481. The summed E-state index contributed by atoms with van der Waals surface area (Å²) in [5.74, 6) is 2.44. The number of hydrogen-bond acceptors (Lipinski definition) is 9. The number of halogens is 2. The number of likely N-dealkylation sites (N-methyl/N-ethyl adjacent to an activating group) is 1. The van der Waals surface area contributed by atoms with E-state index in [0.29, 0.717) is 64.1 Å². The first kappa shape index (κ1) is 27.0. The Kier molecular flexibility index (Phi) is 8.91. The van der Waals surface area contributed by atoms with E-state index in [9.17, 15) is 0 Å². The minimum atomic E-state index is 0.0276. The maximum absolute atomic E-state index is 6.52. The van der Waals surface area contributed by atoms with Gasteiger partial charge in [-0.05, 0) is 13.1 Å². The highest BCUT2D eigenvalue weighted by molar-refractivity contribution is 6.37. The zero-order valence-electron chi connectivity index (χ0n) is 21.7. The molecule has 11 heteroatoms. The Hall–Kier alpha value is -2.56. The Labute approximate surface area is 232 Å². The molecule has 5 rings (SSSR count). The highest BCUT2D eigenvalue weighted by atomic mass is 35.5. The number of hydrogen-bond donors (Lipinski definition) is 1. The van der Waals surface area contributed by atoms with E-state index < -0.39 is 0 Å². The highest BCUT2D eigenvalue weighted by Crippen LogP contribution is 2.40. The van der Waals surface area contributed by atoms with Crippen molar-refractivity contribution in [2.24, 2.45) is 0 Å². The minimum absolute atomic E-state index is 0.0276. The lowest BCUT2D eigenvalue weighted by Gasteiger charge is -2.32. The van der Waals surface area contributed by atoms with Crippen LogP contribution in [0.3, 0.4) is 0 Å². The standard InChI is InChI=1S/C27H33Cl2N5O4/c1-33-5-7-34(8-6-33)9-12-37-19-13-23-26(25(14-19)38-18-3-10-36-11-4-18)27(31-17-30-23)32-22-16-24(35-2)21(29)15-20(22)28/h13-18H,3-12H2,1-2H3,(H,30,31,32). The molecule has 0 atom stereocenters. The van der Waals surface area contributed by atoms with E-state index in [1.165, 1.54) is 6.33 Å². The summed E-state index contributed by atoms with van der Waals surface area (Å²) in [6.07, 6.45) is 3.16. The normalized spacial score (nSPS) is 17.5. The Bertz CT molecular complexity index is 1250. The van der Waals surface area contributed by atoms with Crippen molar-refractivity contribution >= 4 is 45.6 Å². The predicted octanol–water partition coefficient (Wildman–Crippen LogP) is 4.87. The average molecular weight is 562 g/mol. The molecule has 2 fully saturated rings. The molecule has 0 spiro atoms. The van der Waals surface area contributed by atoms with Gasteiger partial charge in [-0.1, -0.05) is 23.2 Å². The molecule has 0 saturated carbocycles. The van der Waals surface area contributed by atoms with Gasteiger partial charge in [0.05, 0.1) is 47.0 Å². The van der Waals surface area contributed by atoms with E-state index in [1.807, 2.05) is 12.1 Å². The van der Waals surface area contributed by atoms with Gasteiger partial charge < -0.3 is 29.2 Å². The number of anilines is 2. The van der Waals surface area contributed by atoms with Gasteiger partial charge in [0.2, 0.25) is 0 Å². The van der Waals surface area contributed by atoms with E-state index in [4.69, 9.17) is 42.1 Å². The van der Waals surface area contributed by atoms with Crippen molar-refractivity contribution in [3.05, 3.63) is 40.6 Å². The zero-order valence-corrected chi connectivity index (χ0v) is 23.2. The topological polar surface area (TPSA) is 81.2 Å². The monoisotopic (exact) mass is 561 g/mol. The molecule has 3 aromatic rings. The Balaban J connectivity index is 1.43. The van der Waals surface area contributed by atoms with Gasteiger partial charge in [-0.15, -0.1) is 0 Å². The smallest absolute Gasteiger partial charge is 0.145 e. The summed E-state index contributed by atoms with van der Waals surface area (Å²) in [5, 5.41) is 4.94. The number of rotatable bonds is 9. The van der Waals surface area contributed by atoms with Crippen LogP contribution in [0, 0.1) is 0 Å². The van der Waals surface area contributed by atoms with Gasteiger partial charge in [-0.25, -0.2) is 9.97 Å². The van der Waals surface area contributed by atoms with Crippen molar-refractivity contribution in [2.75, 3.05) is 72.0 Å². The van der Waals surface area contributed by atoms with Crippen molar-refractivity contribution in [1.82, 2.24) is 19.8 Å². The number of ether oxygens (including phenoxy) is 4. The SMILES string of the molecule is COc1cc(Nc2ncnc3cc(OCCN4CCN(C)CC4)cc(OC4CCOCC4)c23)c(Cl)cc1Cl. The fourth-order valence-electron chi connectivity index (χ4n) is 4.65. The van der Waals surface area contributed by atoms with Gasteiger partial charge >= 0.3 is 0 Å². The van der Waals surface area contributed by atoms with Crippen LogP contribution >= 0.6 is 23.2 Å². The molecule has 2 aliphatic rings. The lowest BCUT2D eigenvalue weighted by Crippen LogP contribution is -2.45. The molecule has 2 saturated heterocycles. The van der Waals surface area contributed by atoms with Gasteiger partial charge in [0, 0.05) is 63.8 Å². The first-order valence-electron chi connectivity index (χ1n) is 12.9. The van der Waals surface area contributed by atoms with Gasteiger partial charge in [0.15, 0.2) is 0 Å². The molecule has 0 aliphatic carbocycles. The lowest BCUT2D eigenvalue weighted by molar-refractivity contribution is 0.0261. The minimum Gasteiger partial charge on any atom is -0.495 e. The van der Waals surface area contributed by atoms with Gasteiger partial charge in [-0.3, -0.25) is 4.90 Å². The Morgan fingerprint density at radius 2 is 1.79 bits per heavy atom. The van der Waals surface area contributed by atoms with Crippen LogP contribution in [0.5, 0.6) is 17.2 Å². The summed E-state index contributed by atoms with van der Waals surface area (Å²) in [4.78, 5) is 13.8. The number of aromatic nitrogens is 2. The molecule has 0 amide bonds. The molecule has 9 nitrogen and oxygen atoms in total. The second-order valence-electron chi connectivity index (χ2n) is 9.55. The molecular weight excluding hydrogens is 529 g/mol. The number of piperazine rings is 1. The fourth-order valence-corrected chi connectivity index (χ4v) is 5.15. The molecule has 2 aliphatic heterocycles. The number of nitrogens with one attached hydrogen (secondary N) is 1. The average Bonchev–Trinajstić information content (AvgIpc) is 2.92. The quantitative estimate of drug-likeness (QED) is 0.393. The first-order valence-corrected chi connectivity index (χ1v) is 13.6. The summed E-state index contributed by atoms with van der Waals surface area (Å²) in [5.41, 5.74) is 1.32. The van der Waals surface area contributed by atoms with Crippen LogP contribution in [0.1, 0.15) is 12.8 Å². The lowest BCUT2D eigenvalue weighted by atomic mass is 10.1. The molecule has 2 aromatic carbocycles. The van der Waals surface area contributed by atoms with Gasteiger partial charge in [0.25, 0.3) is 0 Å². The Morgan fingerprint density at radius 1 is 1.00 bits per heavy atom. The molecule has 204 valence electrons. The molecular formula is C27H33Cl2N5O4. The van der Waals surface area contributed by atoms with Gasteiger partial charge in [0.1, 0.15) is 42.1 Å². The molecule has 1 N–H and O–H groups in total. The number of benzene rings is 2. The molecule has 3 heterocycles. The molecule has 0 radical (unpaired) electrons. The third-order valence-electron chi connectivity index (χ3n) is 6.90. The van der Waals surface area contributed by atoms with Crippen LogP contribution in [-0.2, 0) is 4.74 Å². The Morgan fingerprint density at radius 3 is 2.55 bits per heavy atom. The van der Waals surface area contributed by atoms with E-state index in [1.54, 1.807) is 19.2 Å². The van der Waals surface area contributed by atoms with E-state index >= 15 is 0 Å². The second kappa shape index (κ2) is 12.5. The summed E-state index contributed by atoms with van der Waals surface area (Å²) >= 11 is 12.7. The van der Waals surface area contributed by atoms with Crippen LogP contribution in [-0.4, -0.2) is 92.6 Å². The van der Waals surface area contributed by atoms with Crippen molar-refractivity contribution in [3.63, 3.8) is 0 Å². The zero-order chi connectivity index (χ0) is 26.5. The maximum Gasteiger partial charge on any atom is 0.145 e. The number of fused-ring (bicyclic) bond motifs is 1. The third kappa shape index (κ3) is 6.52. The predicted molar refractivity (Wildman–Crippen MR) is 150 cm³/mol. The van der Waals surface area contributed by atoms with Gasteiger partial charge in [-0.2, -0.15) is 0 Å². The van der Waals surface area contributed by atoms with Crippen molar-refractivity contribution in [2.45, 2.75) is 18.9 Å². The highest BCUT2D eigenvalue weighted by Gasteiger charge is 2.21. The van der Waals surface area contributed by atoms with Crippen LogP contribution in [0.15, 0.2) is 30.6 Å². The summed E-state index contributed by atoms with van der Waals surface area (Å²) in [6.45, 7) is 7.06. The number of methoxy groups -OCH3 is 1. The van der Waals surface area contributed by atoms with E-state index in [2.05, 4.69) is 32.1 Å². The van der Waals surface area contributed by atoms with Crippen LogP contribution in [0.2, 0.25) is 10.0 Å². The van der Waals surface area contributed by atoms with Crippen LogP contribution < -0.4 is 19.5 Å². The molecule has 1 aromatic heterocycles.